The van der Waals surface area contributed by atoms with Crippen LogP contribution in [0.1, 0.15) is 11.1 Å². The third-order valence-corrected chi connectivity index (χ3v) is 6.96. The molecule has 12 heteroatoms. The summed E-state index contributed by atoms with van der Waals surface area (Å²) in [4.78, 5) is 21.7. The number of halogens is 2. The number of hydrogen-bond acceptors (Lipinski definition) is 7. The second kappa shape index (κ2) is 8.87. The number of aliphatic hydroxyl groups is 1. The molecule has 0 bridgehead atoms. The van der Waals surface area contributed by atoms with E-state index in [1.54, 1.807) is 4.57 Å². The van der Waals surface area contributed by atoms with Crippen LogP contribution in [0.25, 0.3) is 16.0 Å². The molecule has 5 aromatic rings. The zero-order valence-corrected chi connectivity index (χ0v) is 19.9. The van der Waals surface area contributed by atoms with Crippen LogP contribution in [-0.4, -0.2) is 34.0 Å². The number of rotatable bonds is 6. The molecule has 0 aliphatic heterocycles. The third-order valence-electron chi connectivity index (χ3n) is 5.61. The molecule has 0 aliphatic rings. The molecule has 0 saturated heterocycles. The molecular weight excluding hydrogens is 494 g/mol. The number of thiazole rings is 1. The fourth-order valence-electron chi connectivity index (χ4n) is 3.92. The second-order valence-electron chi connectivity index (χ2n) is 8.12. The van der Waals surface area contributed by atoms with E-state index in [4.69, 9.17) is 12.2 Å². The summed E-state index contributed by atoms with van der Waals surface area (Å²) in [6.07, 6.45) is 3.90. The maximum Gasteiger partial charge on any atom is 0.273 e. The lowest BCUT2D eigenvalue weighted by Crippen LogP contribution is -2.40. The lowest BCUT2D eigenvalue weighted by atomic mass is 9.92. The van der Waals surface area contributed by atoms with Gasteiger partial charge < -0.3 is 5.11 Å². The van der Waals surface area contributed by atoms with Gasteiger partial charge in [-0.3, -0.25) is 13.9 Å². The van der Waals surface area contributed by atoms with Crippen LogP contribution < -0.4 is 5.56 Å². The van der Waals surface area contributed by atoms with E-state index < -0.39 is 22.8 Å². The third kappa shape index (κ3) is 4.31. The highest BCUT2D eigenvalue weighted by Gasteiger charge is 2.35. The number of aryl methyl sites for hydroxylation is 1. The largest absolute Gasteiger partial charge is 0.381 e. The summed E-state index contributed by atoms with van der Waals surface area (Å²) >= 11 is 6.60. The van der Waals surface area contributed by atoms with E-state index in [1.807, 2.05) is 31.2 Å². The summed E-state index contributed by atoms with van der Waals surface area (Å²) in [7, 11) is 0. The number of hydrogen-bond donors (Lipinski definition) is 1. The minimum Gasteiger partial charge on any atom is -0.381 e. The van der Waals surface area contributed by atoms with Gasteiger partial charge in [-0.05, 0) is 37.3 Å². The molecule has 8 nitrogen and oxygen atoms in total. The van der Waals surface area contributed by atoms with E-state index in [-0.39, 0.29) is 18.7 Å². The summed E-state index contributed by atoms with van der Waals surface area (Å²) in [5, 5.41) is 15.6. The standard InChI is InChI=1S/C23H18F2N6O2S2/c1-14-2-5-16(6-3-14)31-20-19(35-22(31)34)21(32)29(13-27-20)9-23(33,10-30-12-26-11-28-30)17-7-4-15(24)8-18(17)25/h2-8,11-13,33H,9-10H2,1H3. The summed E-state index contributed by atoms with van der Waals surface area (Å²) in [6, 6.07) is 10.5. The van der Waals surface area contributed by atoms with Crippen LogP contribution in [0.4, 0.5) is 8.78 Å². The first kappa shape index (κ1) is 23.1. The van der Waals surface area contributed by atoms with Gasteiger partial charge in [-0.15, -0.1) is 0 Å². The minimum absolute atomic E-state index is 0.189. The quantitative estimate of drug-likeness (QED) is 0.349. The first-order valence-electron chi connectivity index (χ1n) is 10.4. The molecule has 3 aromatic heterocycles. The molecule has 35 heavy (non-hydrogen) atoms. The average molecular weight is 513 g/mol. The Kier molecular flexibility index (Phi) is 5.87. The van der Waals surface area contributed by atoms with E-state index in [9.17, 15) is 18.7 Å². The van der Waals surface area contributed by atoms with Crippen LogP contribution in [0.2, 0.25) is 0 Å². The van der Waals surface area contributed by atoms with Crippen molar-refractivity contribution in [3.63, 3.8) is 0 Å². The van der Waals surface area contributed by atoms with Crippen LogP contribution >= 0.6 is 23.6 Å². The molecular formula is C23H18F2N6O2S2. The van der Waals surface area contributed by atoms with Crippen molar-refractivity contribution in [2.24, 2.45) is 0 Å². The van der Waals surface area contributed by atoms with Gasteiger partial charge in [-0.25, -0.2) is 23.4 Å². The molecule has 178 valence electrons. The Bertz CT molecular complexity index is 1640. The van der Waals surface area contributed by atoms with Gasteiger partial charge >= 0.3 is 0 Å². The van der Waals surface area contributed by atoms with Gasteiger partial charge in [-0.2, -0.15) is 5.10 Å². The van der Waals surface area contributed by atoms with E-state index in [0.717, 1.165) is 34.7 Å². The minimum atomic E-state index is -1.97. The first-order chi connectivity index (χ1) is 16.7. The summed E-state index contributed by atoms with van der Waals surface area (Å²) in [5.74, 6) is -1.73. The Morgan fingerprint density at radius 3 is 2.57 bits per heavy atom. The van der Waals surface area contributed by atoms with E-state index >= 15 is 0 Å². The van der Waals surface area contributed by atoms with Crippen LogP contribution in [-0.2, 0) is 18.7 Å². The smallest absolute Gasteiger partial charge is 0.273 e. The van der Waals surface area contributed by atoms with Gasteiger partial charge in [0, 0.05) is 17.3 Å². The van der Waals surface area contributed by atoms with Gasteiger partial charge in [0.05, 0.1) is 13.1 Å². The predicted octanol–water partition coefficient (Wildman–Crippen LogP) is 3.74. The summed E-state index contributed by atoms with van der Waals surface area (Å²) in [5.41, 5.74) is -0.367. The summed E-state index contributed by atoms with van der Waals surface area (Å²) < 4.78 is 33.2. The van der Waals surface area contributed by atoms with Crippen molar-refractivity contribution in [2.45, 2.75) is 25.6 Å². The van der Waals surface area contributed by atoms with E-state index in [2.05, 4.69) is 15.1 Å². The van der Waals surface area contributed by atoms with Crippen molar-refractivity contribution >= 4 is 33.9 Å². The predicted molar refractivity (Wildman–Crippen MR) is 129 cm³/mol. The zero-order valence-electron chi connectivity index (χ0n) is 18.3. The van der Waals surface area contributed by atoms with Crippen LogP contribution in [0.3, 0.4) is 0 Å². The maximum atomic E-state index is 14.7. The van der Waals surface area contributed by atoms with Crippen LogP contribution in [0.5, 0.6) is 0 Å². The number of benzene rings is 2. The Labute approximate surface area is 206 Å². The topological polar surface area (TPSA) is 90.8 Å². The molecule has 0 amide bonds. The fraction of sp³-hybridized carbons (Fsp3) is 0.174. The maximum absolute atomic E-state index is 14.7. The first-order valence-corrected chi connectivity index (χ1v) is 11.7. The van der Waals surface area contributed by atoms with Crippen molar-refractivity contribution < 1.29 is 13.9 Å². The Morgan fingerprint density at radius 2 is 1.89 bits per heavy atom. The fourth-order valence-corrected chi connectivity index (χ4v) is 5.25. The second-order valence-corrected chi connectivity index (χ2v) is 9.76. The molecule has 1 unspecified atom stereocenters. The highest BCUT2D eigenvalue weighted by atomic mass is 32.1. The molecule has 0 radical (unpaired) electrons. The van der Waals surface area contributed by atoms with Crippen molar-refractivity contribution in [3.05, 3.63) is 98.5 Å². The van der Waals surface area contributed by atoms with Crippen molar-refractivity contribution in [1.82, 2.24) is 28.9 Å². The van der Waals surface area contributed by atoms with Crippen molar-refractivity contribution in [3.8, 4) is 5.69 Å². The van der Waals surface area contributed by atoms with E-state index in [0.29, 0.717) is 20.4 Å². The monoisotopic (exact) mass is 512 g/mol. The van der Waals surface area contributed by atoms with Crippen molar-refractivity contribution in [1.29, 1.82) is 0 Å². The average Bonchev–Trinajstić information content (AvgIpc) is 3.43. The molecule has 1 atom stereocenters. The van der Waals surface area contributed by atoms with E-state index in [1.165, 1.54) is 28.2 Å². The SMILES string of the molecule is Cc1ccc(-n2c(=S)sc3c(=O)n(CC(O)(Cn4cncn4)c4ccc(F)cc4F)cnc32)cc1. The van der Waals surface area contributed by atoms with Crippen LogP contribution in [0.15, 0.2) is 66.2 Å². The molecule has 0 aliphatic carbocycles. The van der Waals surface area contributed by atoms with Gasteiger partial charge in [0.15, 0.2) is 9.60 Å². The normalized spacial score (nSPS) is 13.3. The molecule has 0 fully saturated rings. The van der Waals surface area contributed by atoms with Gasteiger partial charge in [-0.1, -0.05) is 35.1 Å². The molecule has 3 heterocycles. The summed E-state index contributed by atoms with van der Waals surface area (Å²) in [6.45, 7) is 1.36. The molecule has 0 saturated carbocycles. The van der Waals surface area contributed by atoms with Crippen LogP contribution in [0, 0.1) is 22.5 Å². The highest BCUT2D eigenvalue weighted by molar-refractivity contribution is 7.73. The lowest BCUT2D eigenvalue weighted by Gasteiger charge is -2.29. The lowest BCUT2D eigenvalue weighted by molar-refractivity contribution is -0.00640. The van der Waals surface area contributed by atoms with Gasteiger partial charge in [0.25, 0.3) is 5.56 Å². The highest BCUT2D eigenvalue weighted by Crippen LogP contribution is 2.29. The molecule has 5 rings (SSSR count). The number of aromatic nitrogens is 6. The molecule has 1 N–H and O–H groups in total. The number of nitrogens with zero attached hydrogens (tertiary/aromatic N) is 6. The van der Waals surface area contributed by atoms with Gasteiger partial charge in [0.2, 0.25) is 0 Å². The van der Waals surface area contributed by atoms with Gasteiger partial charge in [0.1, 0.15) is 40.9 Å². The molecule has 2 aromatic carbocycles. The Morgan fingerprint density at radius 1 is 1.11 bits per heavy atom. The Balaban J connectivity index is 1.61. The Hall–Kier alpha value is -3.61. The van der Waals surface area contributed by atoms with Crippen molar-refractivity contribution in [2.75, 3.05) is 0 Å². The number of fused-ring (bicyclic) bond motifs is 1. The molecule has 0 spiro atoms. The zero-order chi connectivity index (χ0) is 24.7.